The van der Waals surface area contributed by atoms with Gasteiger partial charge in [0.1, 0.15) is 0 Å². The van der Waals surface area contributed by atoms with E-state index >= 15 is 0 Å². The van der Waals surface area contributed by atoms with Crippen LogP contribution in [0, 0.1) is 20.8 Å². The summed E-state index contributed by atoms with van der Waals surface area (Å²) in [5.74, 6) is 1.61. The summed E-state index contributed by atoms with van der Waals surface area (Å²) in [6, 6.07) is 10.2. The van der Waals surface area contributed by atoms with E-state index in [2.05, 4.69) is 46.0 Å². The standard InChI is InChI=1S/C19H21N3O2S2/c1-12-5-7-15(8-6-12)22-13(2)9-16(14(22)3)17(23)10-26-19-21-20-18(24-19)11-25-4/h5-9H,10-11H2,1-4H3. The number of aryl methyl sites for hydroxylation is 2. The van der Waals surface area contributed by atoms with Crippen LogP contribution < -0.4 is 0 Å². The summed E-state index contributed by atoms with van der Waals surface area (Å²) in [5, 5.41) is 8.38. The molecule has 3 aromatic rings. The fourth-order valence-electron chi connectivity index (χ4n) is 2.82. The maximum atomic E-state index is 12.7. The van der Waals surface area contributed by atoms with E-state index < -0.39 is 0 Å². The zero-order valence-corrected chi connectivity index (χ0v) is 16.9. The Balaban J connectivity index is 1.75. The number of thioether (sulfide) groups is 2. The van der Waals surface area contributed by atoms with E-state index in [4.69, 9.17) is 4.42 Å². The Kier molecular flexibility index (Phi) is 5.88. The van der Waals surface area contributed by atoms with Gasteiger partial charge in [-0.1, -0.05) is 29.5 Å². The van der Waals surface area contributed by atoms with Gasteiger partial charge in [-0.2, -0.15) is 11.8 Å². The lowest BCUT2D eigenvalue weighted by atomic mass is 10.2. The molecule has 0 bridgehead atoms. The molecule has 7 heteroatoms. The van der Waals surface area contributed by atoms with Crippen LogP contribution in [0.4, 0.5) is 0 Å². The molecular formula is C19H21N3O2S2. The fraction of sp³-hybridized carbons (Fsp3) is 0.316. The number of Topliss-reactive ketones (excluding diaryl/α,β-unsaturated/α-hetero) is 1. The number of nitrogens with zero attached hydrogens (tertiary/aromatic N) is 3. The van der Waals surface area contributed by atoms with E-state index in [0.717, 1.165) is 22.6 Å². The van der Waals surface area contributed by atoms with Crippen LogP contribution in [0.25, 0.3) is 5.69 Å². The predicted molar refractivity (Wildman–Crippen MR) is 107 cm³/mol. The minimum atomic E-state index is 0.0612. The first-order valence-corrected chi connectivity index (χ1v) is 10.6. The third-order valence-corrected chi connectivity index (χ3v) is 5.42. The molecule has 2 heterocycles. The first kappa shape index (κ1) is 18.8. The summed E-state index contributed by atoms with van der Waals surface area (Å²) < 4.78 is 7.62. The number of rotatable bonds is 7. The molecule has 0 aliphatic carbocycles. The second kappa shape index (κ2) is 8.14. The van der Waals surface area contributed by atoms with Crippen LogP contribution in [-0.4, -0.2) is 32.6 Å². The first-order valence-electron chi connectivity index (χ1n) is 8.23. The second-order valence-corrected chi connectivity index (χ2v) is 7.85. The van der Waals surface area contributed by atoms with Crippen LogP contribution in [-0.2, 0) is 5.75 Å². The van der Waals surface area contributed by atoms with Gasteiger partial charge in [0.25, 0.3) is 5.22 Å². The number of carbonyl (C=O) groups excluding carboxylic acids is 1. The monoisotopic (exact) mass is 387 g/mol. The first-order chi connectivity index (χ1) is 12.5. The van der Waals surface area contributed by atoms with Gasteiger partial charge < -0.3 is 8.98 Å². The molecule has 0 atom stereocenters. The Hall–Kier alpha value is -1.99. The van der Waals surface area contributed by atoms with Gasteiger partial charge in [0, 0.05) is 22.6 Å². The lowest BCUT2D eigenvalue weighted by molar-refractivity contribution is 0.102. The van der Waals surface area contributed by atoms with E-state index in [9.17, 15) is 4.79 Å². The smallest absolute Gasteiger partial charge is 0.277 e. The Labute approximate surface area is 161 Å². The van der Waals surface area contributed by atoms with Crippen molar-refractivity contribution in [1.29, 1.82) is 0 Å². The highest BCUT2D eigenvalue weighted by Gasteiger charge is 2.18. The summed E-state index contributed by atoms with van der Waals surface area (Å²) in [4.78, 5) is 12.7. The van der Waals surface area contributed by atoms with Crippen molar-refractivity contribution < 1.29 is 9.21 Å². The Morgan fingerprint density at radius 2 is 1.88 bits per heavy atom. The third kappa shape index (κ3) is 4.04. The van der Waals surface area contributed by atoms with E-state index in [-0.39, 0.29) is 11.5 Å². The van der Waals surface area contributed by atoms with Gasteiger partial charge in [-0.3, -0.25) is 4.79 Å². The highest BCUT2D eigenvalue weighted by Crippen LogP contribution is 2.24. The van der Waals surface area contributed by atoms with Crippen LogP contribution in [0.5, 0.6) is 0 Å². The van der Waals surface area contributed by atoms with Crippen molar-refractivity contribution in [3.63, 3.8) is 0 Å². The molecule has 3 rings (SSSR count). The van der Waals surface area contributed by atoms with Crippen molar-refractivity contribution in [2.24, 2.45) is 0 Å². The number of hydrogen-bond donors (Lipinski definition) is 0. The molecule has 0 saturated heterocycles. The number of carbonyl (C=O) groups is 1. The molecule has 0 aliphatic rings. The topological polar surface area (TPSA) is 60.9 Å². The van der Waals surface area contributed by atoms with Crippen molar-refractivity contribution in [3.8, 4) is 5.69 Å². The van der Waals surface area contributed by atoms with Crippen molar-refractivity contribution in [2.45, 2.75) is 31.7 Å². The third-order valence-electron chi connectivity index (χ3n) is 4.07. The number of aromatic nitrogens is 3. The molecule has 136 valence electrons. The van der Waals surface area contributed by atoms with Crippen LogP contribution >= 0.6 is 23.5 Å². The fourth-order valence-corrected chi connectivity index (χ4v) is 3.85. The Morgan fingerprint density at radius 3 is 2.58 bits per heavy atom. The highest BCUT2D eigenvalue weighted by molar-refractivity contribution is 7.99. The van der Waals surface area contributed by atoms with E-state index in [1.54, 1.807) is 11.8 Å². The molecule has 0 amide bonds. The summed E-state index contributed by atoms with van der Waals surface area (Å²) in [7, 11) is 0. The van der Waals surface area contributed by atoms with Crippen molar-refractivity contribution in [3.05, 3.63) is 58.7 Å². The van der Waals surface area contributed by atoms with Gasteiger partial charge in [-0.15, -0.1) is 10.2 Å². The molecule has 0 spiro atoms. The molecule has 26 heavy (non-hydrogen) atoms. The summed E-state index contributed by atoms with van der Waals surface area (Å²) in [6.45, 7) is 6.06. The van der Waals surface area contributed by atoms with Crippen LogP contribution in [0.1, 0.15) is 33.2 Å². The zero-order valence-electron chi connectivity index (χ0n) is 15.3. The molecule has 0 radical (unpaired) electrons. The van der Waals surface area contributed by atoms with Crippen molar-refractivity contribution in [1.82, 2.24) is 14.8 Å². The molecule has 1 aromatic carbocycles. The van der Waals surface area contributed by atoms with Gasteiger partial charge in [-0.05, 0) is 45.2 Å². The summed E-state index contributed by atoms with van der Waals surface area (Å²) in [6.07, 6.45) is 1.98. The molecule has 5 nitrogen and oxygen atoms in total. The minimum Gasteiger partial charge on any atom is -0.415 e. The molecule has 2 aromatic heterocycles. The summed E-state index contributed by atoms with van der Waals surface area (Å²) in [5.41, 5.74) is 5.00. The number of ketones is 1. The van der Waals surface area contributed by atoms with Gasteiger partial charge in [0.05, 0.1) is 11.5 Å². The van der Waals surface area contributed by atoms with Gasteiger partial charge >= 0.3 is 0 Å². The Bertz CT molecular complexity index is 914. The molecular weight excluding hydrogens is 366 g/mol. The average Bonchev–Trinajstić information content (AvgIpc) is 3.18. The van der Waals surface area contributed by atoms with E-state index in [1.807, 2.05) is 26.2 Å². The van der Waals surface area contributed by atoms with Gasteiger partial charge in [-0.25, -0.2) is 0 Å². The van der Waals surface area contributed by atoms with Crippen LogP contribution in [0.15, 0.2) is 40.0 Å². The van der Waals surface area contributed by atoms with Crippen LogP contribution in [0.3, 0.4) is 0 Å². The lowest BCUT2D eigenvalue weighted by Gasteiger charge is -2.10. The molecule has 0 aliphatic heterocycles. The predicted octanol–water partition coefficient (Wildman–Crippen LogP) is 4.62. The van der Waals surface area contributed by atoms with Gasteiger partial charge in [0.2, 0.25) is 5.89 Å². The normalized spacial score (nSPS) is 11.1. The molecule has 0 N–H and O–H groups in total. The van der Waals surface area contributed by atoms with Crippen molar-refractivity contribution in [2.75, 3.05) is 12.0 Å². The number of hydrogen-bond acceptors (Lipinski definition) is 6. The van der Waals surface area contributed by atoms with Gasteiger partial charge in [0.15, 0.2) is 5.78 Å². The average molecular weight is 388 g/mol. The zero-order chi connectivity index (χ0) is 18.7. The van der Waals surface area contributed by atoms with E-state index in [1.165, 1.54) is 17.3 Å². The quantitative estimate of drug-likeness (QED) is 0.435. The Morgan fingerprint density at radius 1 is 1.15 bits per heavy atom. The maximum absolute atomic E-state index is 12.7. The highest BCUT2D eigenvalue weighted by atomic mass is 32.2. The molecule has 0 unspecified atom stereocenters. The van der Waals surface area contributed by atoms with E-state index in [0.29, 0.717) is 16.9 Å². The lowest BCUT2D eigenvalue weighted by Crippen LogP contribution is -2.05. The van der Waals surface area contributed by atoms with Crippen molar-refractivity contribution >= 4 is 29.3 Å². The minimum absolute atomic E-state index is 0.0612. The number of benzene rings is 1. The molecule has 0 saturated carbocycles. The SMILES string of the molecule is CSCc1nnc(SCC(=O)c2cc(C)n(-c3ccc(C)cc3)c2C)o1. The molecule has 0 fully saturated rings. The maximum Gasteiger partial charge on any atom is 0.277 e. The summed E-state index contributed by atoms with van der Waals surface area (Å²) >= 11 is 2.90. The van der Waals surface area contributed by atoms with Crippen LogP contribution in [0.2, 0.25) is 0 Å². The largest absolute Gasteiger partial charge is 0.415 e. The second-order valence-electron chi connectivity index (χ2n) is 6.06.